The SMILES string of the molecule is CC(C)(C)OC(=O)NC[C@H]1CN(c2ccc(N3CCOCC3)c(F)c2)C(=O)O1. The van der Waals surface area contributed by atoms with Gasteiger partial charge in [0, 0.05) is 13.1 Å². The predicted octanol–water partition coefficient (Wildman–Crippen LogP) is 2.51. The van der Waals surface area contributed by atoms with Gasteiger partial charge in [-0.1, -0.05) is 0 Å². The maximum absolute atomic E-state index is 14.6. The molecule has 0 aliphatic carbocycles. The Morgan fingerprint density at radius 3 is 2.68 bits per heavy atom. The molecule has 2 fully saturated rings. The summed E-state index contributed by atoms with van der Waals surface area (Å²) < 4.78 is 30.3. The molecule has 0 radical (unpaired) electrons. The molecule has 1 atom stereocenters. The second kappa shape index (κ2) is 8.22. The normalized spacial score (nSPS) is 20.1. The topological polar surface area (TPSA) is 80.3 Å². The number of hydrogen-bond donors (Lipinski definition) is 1. The Morgan fingerprint density at radius 2 is 2.04 bits per heavy atom. The molecule has 2 aliphatic rings. The van der Waals surface area contributed by atoms with Crippen LogP contribution in [0.2, 0.25) is 0 Å². The third-order valence-corrected chi connectivity index (χ3v) is 4.34. The molecular weight excluding hydrogens is 369 g/mol. The lowest BCUT2D eigenvalue weighted by atomic mass is 10.2. The maximum atomic E-state index is 14.6. The summed E-state index contributed by atoms with van der Waals surface area (Å²) in [4.78, 5) is 27.2. The van der Waals surface area contributed by atoms with Gasteiger partial charge in [0.1, 0.15) is 17.5 Å². The van der Waals surface area contributed by atoms with Crippen molar-refractivity contribution in [3.05, 3.63) is 24.0 Å². The summed E-state index contributed by atoms with van der Waals surface area (Å²) >= 11 is 0. The van der Waals surface area contributed by atoms with Crippen LogP contribution in [0.1, 0.15) is 20.8 Å². The summed E-state index contributed by atoms with van der Waals surface area (Å²) in [5, 5.41) is 2.58. The molecule has 2 amide bonds. The van der Waals surface area contributed by atoms with Gasteiger partial charge in [0.2, 0.25) is 0 Å². The van der Waals surface area contributed by atoms with Crippen LogP contribution >= 0.6 is 0 Å². The molecule has 9 heteroatoms. The van der Waals surface area contributed by atoms with Gasteiger partial charge in [0.15, 0.2) is 0 Å². The molecule has 2 heterocycles. The number of anilines is 2. The van der Waals surface area contributed by atoms with Crippen LogP contribution in [0, 0.1) is 5.82 Å². The number of alkyl carbamates (subject to hydrolysis) is 1. The van der Waals surface area contributed by atoms with Gasteiger partial charge in [-0.25, -0.2) is 14.0 Å². The molecule has 1 aromatic carbocycles. The van der Waals surface area contributed by atoms with Crippen LogP contribution in [0.25, 0.3) is 0 Å². The first-order valence-electron chi connectivity index (χ1n) is 9.30. The first-order chi connectivity index (χ1) is 13.2. The monoisotopic (exact) mass is 395 g/mol. The molecule has 2 aliphatic heterocycles. The van der Waals surface area contributed by atoms with Crippen molar-refractivity contribution < 1.29 is 28.2 Å². The van der Waals surface area contributed by atoms with E-state index >= 15 is 0 Å². The van der Waals surface area contributed by atoms with E-state index in [1.54, 1.807) is 32.9 Å². The second-order valence-corrected chi connectivity index (χ2v) is 7.73. The van der Waals surface area contributed by atoms with Gasteiger partial charge in [-0.05, 0) is 39.0 Å². The Bertz CT molecular complexity index is 731. The number of nitrogens with one attached hydrogen (secondary N) is 1. The molecule has 28 heavy (non-hydrogen) atoms. The van der Waals surface area contributed by atoms with E-state index in [-0.39, 0.29) is 13.1 Å². The highest BCUT2D eigenvalue weighted by atomic mass is 19.1. The number of amides is 2. The minimum atomic E-state index is -0.609. The highest BCUT2D eigenvalue weighted by Gasteiger charge is 2.33. The van der Waals surface area contributed by atoms with Crippen LogP contribution in [0.3, 0.4) is 0 Å². The summed E-state index contributed by atoms with van der Waals surface area (Å²) in [6.45, 7) is 7.99. The third kappa shape index (κ3) is 5.03. The highest BCUT2D eigenvalue weighted by molar-refractivity contribution is 5.90. The lowest BCUT2D eigenvalue weighted by molar-refractivity contribution is 0.0496. The number of carbonyl (C=O) groups is 2. The number of cyclic esters (lactones) is 1. The van der Waals surface area contributed by atoms with Crippen molar-refractivity contribution in [3.8, 4) is 0 Å². The molecule has 2 saturated heterocycles. The summed E-state index contributed by atoms with van der Waals surface area (Å²) in [7, 11) is 0. The number of hydrogen-bond acceptors (Lipinski definition) is 6. The van der Waals surface area contributed by atoms with Gasteiger partial charge in [-0.3, -0.25) is 4.90 Å². The van der Waals surface area contributed by atoms with E-state index < -0.39 is 29.7 Å². The van der Waals surface area contributed by atoms with Crippen LogP contribution in [-0.2, 0) is 14.2 Å². The zero-order valence-electron chi connectivity index (χ0n) is 16.4. The zero-order chi connectivity index (χ0) is 20.3. The van der Waals surface area contributed by atoms with Gasteiger partial charge < -0.3 is 24.4 Å². The Balaban J connectivity index is 1.59. The average molecular weight is 395 g/mol. The number of nitrogens with zero attached hydrogens (tertiary/aromatic N) is 2. The highest BCUT2D eigenvalue weighted by Crippen LogP contribution is 2.28. The molecule has 0 unspecified atom stereocenters. The standard InChI is InChI=1S/C19H26FN3O5/c1-19(2,3)28-17(24)21-11-14-12-23(18(25)27-14)13-4-5-16(15(20)10-13)22-6-8-26-9-7-22/h4-5,10,14H,6-9,11-12H2,1-3H3,(H,21,24)/t14-/m0/s1. The predicted molar refractivity (Wildman–Crippen MR) is 101 cm³/mol. The molecule has 8 nitrogen and oxygen atoms in total. The third-order valence-electron chi connectivity index (χ3n) is 4.34. The minimum Gasteiger partial charge on any atom is -0.444 e. The number of morpholine rings is 1. The van der Waals surface area contributed by atoms with Crippen molar-refractivity contribution in [1.29, 1.82) is 0 Å². The fourth-order valence-corrected chi connectivity index (χ4v) is 3.07. The smallest absolute Gasteiger partial charge is 0.414 e. The van der Waals surface area contributed by atoms with Crippen molar-refractivity contribution in [1.82, 2.24) is 5.32 Å². The molecule has 0 bridgehead atoms. The minimum absolute atomic E-state index is 0.117. The van der Waals surface area contributed by atoms with Crippen molar-refractivity contribution in [2.75, 3.05) is 49.2 Å². The van der Waals surface area contributed by atoms with E-state index in [0.717, 1.165) is 0 Å². The van der Waals surface area contributed by atoms with Gasteiger partial charge in [-0.15, -0.1) is 0 Å². The van der Waals surface area contributed by atoms with Crippen molar-refractivity contribution in [2.45, 2.75) is 32.5 Å². The number of benzene rings is 1. The molecule has 0 aromatic heterocycles. The van der Waals surface area contributed by atoms with Crippen LogP contribution in [-0.4, -0.2) is 63.3 Å². The van der Waals surface area contributed by atoms with E-state index in [0.29, 0.717) is 37.7 Å². The lowest BCUT2D eigenvalue weighted by Crippen LogP contribution is -2.38. The van der Waals surface area contributed by atoms with Gasteiger partial charge in [0.25, 0.3) is 0 Å². The Morgan fingerprint density at radius 1 is 1.32 bits per heavy atom. The molecule has 0 saturated carbocycles. The van der Waals surface area contributed by atoms with E-state index in [2.05, 4.69) is 5.32 Å². The summed E-state index contributed by atoms with van der Waals surface area (Å²) in [6.07, 6.45) is -1.69. The van der Waals surface area contributed by atoms with Crippen LogP contribution in [0.4, 0.5) is 25.4 Å². The summed E-state index contributed by atoms with van der Waals surface area (Å²) in [5.41, 5.74) is 0.296. The quantitative estimate of drug-likeness (QED) is 0.844. The maximum Gasteiger partial charge on any atom is 0.414 e. The van der Waals surface area contributed by atoms with E-state index in [1.165, 1.54) is 11.0 Å². The zero-order valence-corrected chi connectivity index (χ0v) is 16.4. The molecule has 0 spiro atoms. The fraction of sp³-hybridized carbons (Fsp3) is 0.579. The number of halogens is 1. The first-order valence-corrected chi connectivity index (χ1v) is 9.30. The molecule has 1 N–H and O–H groups in total. The number of ether oxygens (including phenoxy) is 3. The summed E-state index contributed by atoms with van der Waals surface area (Å²) in [6, 6.07) is 4.68. The van der Waals surface area contributed by atoms with Gasteiger partial charge in [-0.2, -0.15) is 0 Å². The average Bonchev–Trinajstić information content (AvgIpc) is 3.00. The van der Waals surface area contributed by atoms with E-state index in [9.17, 15) is 14.0 Å². The largest absolute Gasteiger partial charge is 0.444 e. The Hall–Kier alpha value is -2.55. The van der Waals surface area contributed by atoms with Crippen LogP contribution < -0.4 is 15.1 Å². The first kappa shape index (κ1) is 20.2. The van der Waals surface area contributed by atoms with E-state index in [4.69, 9.17) is 14.2 Å². The molecular formula is C19H26FN3O5. The Labute approximate surface area is 163 Å². The van der Waals surface area contributed by atoms with Gasteiger partial charge >= 0.3 is 12.2 Å². The van der Waals surface area contributed by atoms with Crippen molar-refractivity contribution in [3.63, 3.8) is 0 Å². The van der Waals surface area contributed by atoms with E-state index in [1.807, 2.05) is 4.90 Å². The second-order valence-electron chi connectivity index (χ2n) is 7.73. The number of rotatable bonds is 4. The fourth-order valence-electron chi connectivity index (χ4n) is 3.07. The summed E-state index contributed by atoms with van der Waals surface area (Å²) in [5.74, 6) is -0.400. The Kier molecular flexibility index (Phi) is 5.93. The van der Waals surface area contributed by atoms with Crippen molar-refractivity contribution in [2.24, 2.45) is 0 Å². The molecule has 3 rings (SSSR count). The van der Waals surface area contributed by atoms with Crippen LogP contribution in [0.5, 0.6) is 0 Å². The number of carbonyl (C=O) groups excluding carboxylic acids is 2. The molecule has 1 aromatic rings. The van der Waals surface area contributed by atoms with Crippen LogP contribution in [0.15, 0.2) is 18.2 Å². The van der Waals surface area contributed by atoms with Crippen molar-refractivity contribution >= 4 is 23.6 Å². The lowest BCUT2D eigenvalue weighted by Gasteiger charge is -2.29. The van der Waals surface area contributed by atoms with Gasteiger partial charge in [0.05, 0.1) is 37.7 Å². The molecule has 154 valence electrons.